The molecule has 20 heavy (non-hydrogen) atoms. The average Bonchev–Trinajstić information content (AvgIpc) is 2.35. The summed E-state index contributed by atoms with van der Waals surface area (Å²) < 4.78 is 5.57. The van der Waals surface area contributed by atoms with Gasteiger partial charge in [0.1, 0.15) is 18.5 Å². The minimum Gasteiger partial charge on any atom is -0.491 e. The SMILES string of the molecule is Cc1ccc(OCC(O)CNC(C)(C)C(N)=O)c(C)c1. The van der Waals surface area contributed by atoms with Gasteiger partial charge in [0.15, 0.2) is 0 Å². The number of hydrogen-bond donors (Lipinski definition) is 3. The van der Waals surface area contributed by atoms with Crippen molar-refractivity contribution in [3.05, 3.63) is 29.3 Å². The maximum absolute atomic E-state index is 11.1. The van der Waals surface area contributed by atoms with Gasteiger partial charge in [-0.1, -0.05) is 17.7 Å². The van der Waals surface area contributed by atoms with E-state index < -0.39 is 17.6 Å². The van der Waals surface area contributed by atoms with Gasteiger partial charge in [0.05, 0.1) is 5.54 Å². The van der Waals surface area contributed by atoms with Gasteiger partial charge >= 0.3 is 0 Å². The summed E-state index contributed by atoms with van der Waals surface area (Å²) in [5, 5.41) is 12.8. The first-order valence-corrected chi connectivity index (χ1v) is 6.65. The molecule has 0 saturated heterocycles. The Kier molecular flexibility index (Phi) is 5.53. The number of ether oxygens (including phenoxy) is 1. The van der Waals surface area contributed by atoms with E-state index in [-0.39, 0.29) is 13.2 Å². The lowest BCUT2D eigenvalue weighted by Crippen LogP contribution is -2.53. The Morgan fingerprint density at radius 2 is 2.10 bits per heavy atom. The predicted octanol–water partition coefficient (Wildman–Crippen LogP) is 0.897. The first-order valence-electron chi connectivity index (χ1n) is 6.65. The zero-order chi connectivity index (χ0) is 15.3. The molecule has 1 atom stereocenters. The van der Waals surface area contributed by atoms with Gasteiger partial charge < -0.3 is 20.9 Å². The maximum Gasteiger partial charge on any atom is 0.237 e. The van der Waals surface area contributed by atoms with Gasteiger partial charge in [-0.25, -0.2) is 0 Å². The lowest BCUT2D eigenvalue weighted by molar-refractivity contribution is -0.123. The number of rotatable bonds is 7. The molecule has 5 nitrogen and oxygen atoms in total. The summed E-state index contributed by atoms with van der Waals surface area (Å²) in [5.74, 6) is 0.295. The van der Waals surface area contributed by atoms with Gasteiger partial charge in [0.2, 0.25) is 5.91 Å². The molecule has 0 radical (unpaired) electrons. The second kappa shape index (κ2) is 6.72. The summed E-state index contributed by atoms with van der Waals surface area (Å²) >= 11 is 0. The molecule has 1 unspecified atom stereocenters. The molecule has 0 bridgehead atoms. The fraction of sp³-hybridized carbons (Fsp3) is 0.533. The molecular weight excluding hydrogens is 256 g/mol. The molecule has 1 aromatic rings. The second-order valence-corrected chi connectivity index (χ2v) is 5.60. The maximum atomic E-state index is 11.1. The normalized spacial score (nSPS) is 13.1. The number of aliphatic hydroxyl groups is 1. The van der Waals surface area contributed by atoms with Crippen LogP contribution in [0, 0.1) is 13.8 Å². The Labute approximate surface area is 120 Å². The van der Waals surface area contributed by atoms with Crippen LogP contribution in [0.15, 0.2) is 18.2 Å². The Balaban J connectivity index is 2.44. The number of aliphatic hydroxyl groups excluding tert-OH is 1. The van der Waals surface area contributed by atoms with Gasteiger partial charge in [-0.05, 0) is 39.3 Å². The molecular formula is C15H24N2O3. The smallest absolute Gasteiger partial charge is 0.237 e. The summed E-state index contributed by atoms with van der Waals surface area (Å²) in [6, 6.07) is 5.87. The van der Waals surface area contributed by atoms with E-state index in [2.05, 4.69) is 5.32 Å². The van der Waals surface area contributed by atoms with Crippen molar-refractivity contribution in [2.24, 2.45) is 5.73 Å². The van der Waals surface area contributed by atoms with Crippen molar-refractivity contribution in [3.8, 4) is 5.75 Å². The standard InChI is InChI=1S/C15H24N2O3/c1-10-5-6-13(11(2)7-10)20-9-12(18)8-17-15(3,4)14(16)19/h5-7,12,17-18H,8-9H2,1-4H3,(H2,16,19). The topological polar surface area (TPSA) is 84.6 Å². The molecule has 0 aromatic heterocycles. The Bertz CT molecular complexity index is 472. The van der Waals surface area contributed by atoms with E-state index in [4.69, 9.17) is 10.5 Å². The first-order chi connectivity index (χ1) is 9.22. The highest BCUT2D eigenvalue weighted by molar-refractivity contribution is 5.83. The highest BCUT2D eigenvalue weighted by atomic mass is 16.5. The average molecular weight is 280 g/mol. The van der Waals surface area contributed by atoms with E-state index in [1.165, 1.54) is 5.56 Å². The van der Waals surface area contributed by atoms with Crippen LogP contribution < -0.4 is 15.8 Å². The number of nitrogens with one attached hydrogen (secondary N) is 1. The molecule has 112 valence electrons. The molecule has 5 heteroatoms. The molecule has 0 aliphatic heterocycles. The number of primary amides is 1. The van der Waals surface area contributed by atoms with Crippen LogP contribution in [0.3, 0.4) is 0 Å². The first kappa shape index (κ1) is 16.5. The fourth-order valence-corrected chi connectivity index (χ4v) is 1.67. The summed E-state index contributed by atoms with van der Waals surface area (Å²) in [5.41, 5.74) is 6.59. The van der Waals surface area contributed by atoms with E-state index in [0.29, 0.717) is 0 Å². The molecule has 0 aliphatic carbocycles. The molecule has 0 heterocycles. The van der Waals surface area contributed by atoms with Crippen LogP contribution >= 0.6 is 0 Å². The van der Waals surface area contributed by atoms with Crippen molar-refractivity contribution >= 4 is 5.91 Å². The summed E-state index contributed by atoms with van der Waals surface area (Å²) in [4.78, 5) is 11.1. The van der Waals surface area contributed by atoms with E-state index >= 15 is 0 Å². The van der Waals surface area contributed by atoms with E-state index in [9.17, 15) is 9.90 Å². The second-order valence-electron chi connectivity index (χ2n) is 5.60. The van der Waals surface area contributed by atoms with Gasteiger partial charge in [0, 0.05) is 6.54 Å². The number of amides is 1. The third-order valence-corrected chi connectivity index (χ3v) is 3.16. The quantitative estimate of drug-likeness (QED) is 0.692. The largest absolute Gasteiger partial charge is 0.491 e. The molecule has 1 amide bonds. The Hall–Kier alpha value is -1.59. The van der Waals surface area contributed by atoms with Crippen LogP contribution in [0.2, 0.25) is 0 Å². The predicted molar refractivity (Wildman–Crippen MR) is 78.7 cm³/mol. The summed E-state index contributed by atoms with van der Waals surface area (Å²) in [6.07, 6.45) is -0.714. The Morgan fingerprint density at radius 3 is 2.65 bits per heavy atom. The van der Waals surface area contributed by atoms with Crippen LogP contribution in [0.25, 0.3) is 0 Å². The zero-order valence-electron chi connectivity index (χ0n) is 12.6. The van der Waals surface area contributed by atoms with Crippen LogP contribution in [0.1, 0.15) is 25.0 Å². The number of carbonyl (C=O) groups excluding carboxylic acids is 1. The number of β-amino-alcohol motifs (C(OH)–C–C–N with tert-alkyl or cyclic N) is 1. The Morgan fingerprint density at radius 1 is 1.45 bits per heavy atom. The summed E-state index contributed by atoms with van der Waals surface area (Å²) in [7, 11) is 0. The molecule has 1 rings (SSSR count). The molecule has 0 fully saturated rings. The van der Waals surface area contributed by atoms with Gasteiger partial charge in [-0.15, -0.1) is 0 Å². The van der Waals surface area contributed by atoms with Crippen LogP contribution in [-0.4, -0.2) is 35.8 Å². The minimum absolute atomic E-state index is 0.158. The van der Waals surface area contributed by atoms with Crippen molar-refractivity contribution in [1.29, 1.82) is 0 Å². The van der Waals surface area contributed by atoms with E-state index in [0.717, 1.165) is 11.3 Å². The van der Waals surface area contributed by atoms with Crippen molar-refractivity contribution in [2.45, 2.75) is 39.3 Å². The lowest BCUT2D eigenvalue weighted by Gasteiger charge is -2.24. The highest BCUT2D eigenvalue weighted by Gasteiger charge is 2.24. The van der Waals surface area contributed by atoms with E-state index in [1.807, 2.05) is 32.0 Å². The van der Waals surface area contributed by atoms with Crippen LogP contribution in [0.4, 0.5) is 0 Å². The highest BCUT2D eigenvalue weighted by Crippen LogP contribution is 2.18. The van der Waals surface area contributed by atoms with Crippen molar-refractivity contribution in [2.75, 3.05) is 13.2 Å². The monoisotopic (exact) mass is 280 g/mol. The van der Waals surface area contributed by atoms with Crippen molar-refractivity contribution in [3.63, 3.8) is 0 Å². The third kappa shape index (κ3) is 4.83. The lowest BCUT2D eigenvalue weighted by atomic mass is 10.1. The number of hydrogen-bond acceptors (Lipinski definition) is 4. The minimum atomic E-state index is -0.846. The van der Waals surface area contributed by atoms with Crippen molar-refractivity contribution < 1.29 is 14.6 Å². The van der Waals surface area contributed by atoms with Gasteiger partial charge in [0.25, 0.3) is 0 Å². The zero-order valence-corrected chi connectivity index (χ0v) is 12.6. The molecule has 4 N–H and O–H groups in total. The van der Waals surface area contributed by atoms with Gasteiger partial charge in [-0.2, -0.15) is 0 Å². The molecule has 0 spiro atoms. The number of benzene rings is 1. The van der Waals surface area contributed by atoms with Crippen LogP contribution in [-0.2, 0) is 4.79 Å². The van der Waals surface area contributed by atoms with Gasteiger partial charge in [-0.3, -0.25) is 4.79 Å². The number of aryl methyl sites for hydroxylation is 2. The fourth-order valence-electron chi connectivity index (χ4n) is 1.67. The third-order valence-electron chi connectivity index (χ3n) is 3.16. The van der Waals surface area contributed by atoms with Crippen LogP contribution in [0.5, 0.6) is 5.75 Å². The number of nitrogens with two attached hydrogens (primary N) is 1. The van der Waals surface area contributed by atoms with E-state index in [1.54, 1.807) is 13.8 Å². The molecule has 0 saturated carbocycles. The summed E-state index contributed by atoms with van der Waals surface area (Å²) in [6.45, 7) is 7.72. The molecule has 0 aliphatic rings. The van der Waals surface area contributed by atoms with Crippen molar-refractivity contribution in [1.82, 2.24) is 5.32 Å². The molecule has 1 aromatic carbocycles. The number of carbonyl (C=O) groups is 1.